The molecule has 6 heteroatoms. The largest absolute Gasteiger partial charge is 0.469 e. The number of benzene rings is 1. The van der Waals surface area contributed by atoms with E-state index >= 15 is 0 Å². The molecule has 1 aliphatic carbocycles. The van der Waals surface area contributed by atoms with E-state index in [-0.39, 0.29) is 6.42 Å². The van der Waals surface area contributed by atoms with Crippen molar-refractivity contribution in [2.75, 3.05) is 14.2 Å². The first-order chi connectivity index (χ1) is 11.8. The number of methoxy groups -OCH3 is 2. The van der Waals surface area contributed by atoms with Gasteiger partial charge in [0.1, 0.15) is 5.92 Å². The summed E-state index contributed by atoms with van der Waals surface area (Å²) in [6.45, 7) is 1.41. The van der Waals surface area contributed by atoms with Gasteiger partial charge in [-0.25, -0.2) is 0 Å². The molecule has 6 nitrogen and oxygen atoms in total. The summed E-state index contributed by atoms with van der Waals surface area (Å²) in [5, 5.41) is 10.6. The lowest BCUT2D eigenvalue weighted by Gasteiger charge is -2.42. The maximum Gasteiger partial charge on any atom is 0.316 e. The quantitative estimate of drug-likeness (QED) is 0.658. The van der Waals surface area contributed by atoms with Gasteiger partial charge in [-0.15, -0.1) is 0 Å². The number of ketones is 1. The Balaban J connectivity index is 2.49. The Kier molecular flexibility index (Phi) is 5.74. The molecule has 1 aromatic carbocycles. The van der Waals surface area contributed by atoms with Crippen molar-refractivity contribution in [3.05, 3.63) is 42.0 Å². The maximum atomic E-state index is 12.4. The standard InChI is InChI=1S/C19H22O6/c1-19(23)11-14(20)15(17(21)24-2)13(16(19)18(22)25-3)10-9-12-7-5-4-6-8-12/h4-10,13,15-16,23H,11H2,1-3H3. The molecule has 2 rings (SSSR count). The van der Waals surface area contributed by atoms with Crippen LogP contribution in [-0.2, 0) is 23.9 Å². The van der Waals surface area contributed by atoms with Crippen LogP contribution in [0.2, 0.25) is 0 Å². The second-order valence-electron chi connectivity index (χ2n) is 6.35. The zero-order chi connectivity index (χ0) is 18.6. The van der Waals surface area contributed by atoms with Crippen LogP contribution in [-0.4, -0.2) is 42.6 Å². The number of aliphatic hydroxyl groups is 1. The van der Waals surface area contributed by atoms with Crippen molar-refractivity contribution < 1.29 is 29.0 Å². The Morgan fingerprint density at radius 3 is 2.32 bits per heavy atom. The lowest BCUT2D eigenvalue weighted by atomic mass is 9.63. The minimum Gasteiger partial charge on any atom is -0.469 e. The fraction of sp³-hybridized carbons (Fsp3) is 0.421. The van der Waals surface area contributed by atoms with Gasteiger partial charge >= 0.3 is 11.9 Å². The predicted molar refractivity (Wildman–Crippen MR) is 90.2 cm³/mol. The molecule has 1 aliphatic rings. The molecule has 0 amide bonds. The Labute approximate surface area is 146 Å². The summed E-state index contributed by atoms with van der Waals surface area (Å²) in [6, 6.07) is 9.24. The van der Waals surface area contributed by atoms with Crippen molar-refractivity contribution in [2.24, 2.45) is 17.8 Å². The minimum atomic E-state index is -1.61. The summed E-state index contributed by atoms with van der Waals surface area (Å²) in [6.07, 6.45) is 3.00. The smallest absolute Gasteiger partial charge is 0.316 e. The molecule has 0 radical (unpaired) electrons. The molecule has 1 N–H and O–H groups in total. The molecule has 0 spiro atoms. The second-order valence-corrected chi connectivity index (χ2v) is 6.35. The summed E-state index contributed by atoms with van der Waals surface area (Å²) < 4.78 is 9.55. The topological polar surface area (TPSA) is 89.9 Å². The molecule has 4 unspecified atom stereocenters. The van der Waals surface area contributed by atoms with E-state index in [1.54, 1.807) is 12.2 Å². The van der Waals surface area contributed by atoms with E-state index in [2.05, 4.69) is 0 Å². The molecule has 1 aromatic rings. The number of esters is 2. The molecular formula is C19H22O6. The highest BCUT2D eigenvalue weighted by atomic mass is 16.5. The monoisotopic (exact) mass is 346 g/mol. The zero-order valence-corrected chi connectivity index (χ0v) is 14.5. The van der Waals surface area contributed by atoms with Gasteiger partial charge in [-0.1, -0.05) is 42.5 Å². The first-order valence-corrected chi connectivity index (χ1v) is 7.96. The number of carbonyl (C=O) groups is 3. The summed E-state index contributed by atoms with van der Waals surface area (Å²) in [4.78, 5) is 36.9. The van der Waals surface area contributed by atoms with Crippen molar-refractivity contribution in [1.82, 2.24) is 0 Å². The molecule has 0 saturated heterocycles. The number of ether oxygens (including phenoxy) is 2. The van der Waals surface area contributed by atoms with Crippen LogP contribution < -0.4 is 0 Å². The number of hydrogen-bond donors (Lipinski definition) is 1. The molecule has 1 fully saturated rings. The molecular weight excluding hydrogens is 324 g/mol. The van der Waals surface area contributed by atoms with Crippen LogP contribution in [0.25, 0.3) is 6.08 Å². The Bertz CT molecular complexity index is 676. The average Bonchev–Trinajstić information content (AvgIpc) is 2.58. The van der Waals surface area contributed by atoms with Crippen LogP contribution in [0.3, 0.4) is 0 Å². The van der Waals surface area contributed by atoms with Gasteiger partial charge in [-0.3, -0.25) is 14.4 Å². The highest BCUT2D eigenvalue weighted by molar-refractivity contribution is 6.02. The number of carbonyl (C=O) groups excluding carboxylic acids is 3. The predicted octanol–water partition coefficient (Wildman–Crippen LogP) is 1.62. The molecule has 0 bridgehead atoms. The van der Waals surface area contributed by atoms with Crippen LogP contribution in [0, 0.1) is 17.8 Å². The Hall–Kier alpha value is -2.47. The normalized spacial score (nSPS) is 29.4. The van der Waals surface area contributed by atoms with E-state index in [9.17, 15) is 19.5 Å². The van der Waals surface area contributed by atoms with E-state index in [1.165, 1.54) is 21.1 Å². The van der Waals surface area contributed by atoms with Gasteiger partial charge in [0.15, 0.2) is 5.78 Å². The minimum absolute atomic E-state index is 0.317. The third kappa shape index (κ3) is 3.96. The summed E-state index contributed by atoms with van der Waals surface area (Å²) >= 11 is 0. The van der Waals surface area contributed by atoms with Gasteiger partial charge in [-0.05, 0) is 12.5 Å². The van der Waals surface area contributed by atoms with Crippen molar-refractivity contribution in [3.63, 3.8) is 0 Å². The summed E-state index contributed by atoms with van der Waals surface area (Å²) in [5.41, 5.74) is -0.771. The van der Waals surface area contributed by atoms with Crippen LogP contribution in [0.15, 0.2) is 36.4 Å². The van der Waals surface area contributed by atoms with Crippen molar-refractivity contribution >= 4 is 23.8 Å². The first kappa shape index (κ1) is 18.9. The Morgan fingerprint density at radius 2 is 1.76 bits per heavy atom. The average molecular weight is 346 g/mol. The van der Waals surface area contributed by atoms with E-state index in [0.717, 1.165) is 5.56 Å². The molecule has 1 saturated carbocycles. The summed E-state index contributed by atoms with van der Waals surface area (Å²) in [5.74, 6) is -4.93. The van der Waals surface area contributed by atoms with Gasteiger partial charge in [0.05, 0.1) is 25.7 Å². The molecule has 0 aromatic heterocycles. The summed E-state index contributed by atoms with van der Waals surface area (Å²) in [7, 11) is 2.40. The fourth-order valence-corrected chi connectivity index (χ4v) is 3.36. The Morgan fingerprint density at radius 1 is 1.16 bits per heavy atom. The van der Waals surface area contributed by atoms with Gasteiger partial charge in [0, 0.05) is 12.3 Å². The zero-order valence-electron chi connectivity index (χ0n) is 14.5. The van der Waals surface area contributed by atoms with Gasteiger partial charge < -0.3 is 14.6 Å². The molecule has 0 heterocycles. The molecule has 0 aliphatic heterocycles. The highest BCUT2D eigenvalue weighted by Gasteiger charge is 2.55. The van der Waals surface area contributed by atoms with E-state index in [4.69, 9.17) is 9.47 Å². The number of rotatable bonds is 4. The van der Waals surface area contributed by atoms with Crippen molar-refractivity contribution in [3.8, 4) is 0 Å². The molecule has 134 valence electrons. The lowest BCUT2D eigenvalue weighted by Crippen LogP contribution is -2.55. The SMILES string of the molecule is COC(=O)C1C(=O)CC(C)(O)C(C(=O)OC)C1C=Cc1ccccc1. The van der Waals surface area contributed by atoms with Crippen LogP contribution in [0.5, 0.6) is 0 Å². The number of hydrogen-bond acceptors (Lipinski definition) is 6. The van der Waals surface area contributed by atoms with Crippen molar-refractivity contribution in [1.29, 1.82) is 0 Å². The lowest BCUT2D eigenvalue weighted by molar-refractivity contribution is -0.172. The third-order valence-electron chi connectivity index (χ3n) is 4.54. The molecule has 25 heavy (non-hydrogen) atoms. The highest BCUT2D eigenvalue weighted by Crippen LogP contribution is 2.42. The number of Topliss-reactive ketones (excluding diaryl/α,β-unsaturated/α-hetero) is 1. The van der Waals surface area contributed by atoms with E-state index < -0.39 is 41.1 Å². The maximum absolute atomic E-state index is 12.4. The van der Waals surface area contributed by atoms with Crippen LogP contribution in [0.4, 0.5) is 0 Å². The van der Waals surface area contributed by atoms with Crippen molar-refractivity contribution in [2.45, 2.75) is 18.9 Å². The van der Waals surface area contributed by atoms with Gasteiger partial charge in [-0.2, -0.15) is 0 Å². The van der Waals surface area contributed by atoms with E-state index in [1.807, 2.05) is 30.3 Å². The molecule has 4 atom stereocenters. The third-order valence-corrected chi connectivity index (χ3v) is 4.54. The van der Waals surface area contributed by atoms with E-state index in [0.29, 0.717) is 0 Å². The van der Waals surface area contributed by atoms with Crippen LogP contribution in [0.1, 0.15) is 18.9 Å². The van der Waals surface area contributed by atoms with Gasteiger partial charge in [0.25, 0.3) is 0 Å². The second kappa shape index (κ2) is 7.61. The van der Waals surface area contributed by atoms with Gasteiger partial charge in [0.2, 0.25) is 0 Å². The number of allylic oxidation sites excluding steroid dienone is 1. The first-order valence-electron chi connectivity index (χ1n) is 7.96. The fourth-order valence-electron chi connectivity index (χ4n) is 3.36. The van der Waals surface area contributed by atoms with Crippen LogP contribution >= 0.6 is 0 Å².